The first-order chi connectivity index (χ1) is 29.7. The predicted octanol–water partition coefficient (Wildman–Crippen LogP) is 13.8. The molecule has 4 heterocycles. The Morgan fingerprint density at radius 1 is 0.550 bits per heavy atom. The Bertz CT molecular complexity index is 2950. The first kappa shape index (κ1) is 36.1. The molecule has 0 amide bonds. The van der Waals surface area contributed by atoms with Gasteiger partial charge in [-0.15, -0.1) is 0 Å². The Morgan fingerprint density at radius 2 is 1.12 bits per heavy atom. The molecule has 60 heavy (non-hydrogen) atoms. The van der Waals surface area contributed by atoms with Crippen LogP contribution in [0.4, 0.5) is 40.0 Å². The standard InChI is InChI=1S/C52H38N6O2/c1-2-3-10-36-11-7-14-46(35-36)58(45-31-23-40(24-32-45)50-56-48-16-9-34-54-52(48)60-50)44-27-19-38(20-28-44)37-17-25-42(26-18-37)57(41-12-5-4-6-13-41)43-29-21-39(22-30-43)49-55-47-15-8-33-53-51(47)59-49/h2-32,34-35,53H,1,33H2/b10-3-. The molecular formula is C52H38N6O2. The smallest absolute Gasteiger partial charge is 0.247 e. The Labute approximate surface area is 347 Å². The molecule has 3 aromatic heterocycles. The summed E-state index contributed by atoms with van der Waals surface area (Å²) in [6, 6.07) is 56.6. The quantitative estimate of drug-likeness (QED) is 0.130. The van der Waals surface area contributed by atoms with Gasteiger partial charge in [0.05, 0.1) is 0 Å². The minimum atomic E-state index is 0.522. The van der Waals surface area contributed by atoms with Gasteiger partial charge in [-0.3, -0.25) is 0 Å². The van der Waals surface area contributed by atoms with Crippen molar-refractivity contribution in [3.8, 4) is 34.0 Å². The van der Waals surface area contributed by atoms with Crippen LogP contribution >= 0.6 is 0 Å². The van der Waals surface area contributed by atoms with Gasteiger partial charge in [0.25, 0.3) is 0 Å². The summed E-state index contributed by atoms with van der Waals surface area (Å²) in [5, 5.41) is 3.24. The average Bonchev–Trinajstić information content (AvgIpc) is 3.96. The van der Waals surface area contributed by atoms with Crippen LogP contribution in [0, 0.1) is 0 Å². The highest BCUT2D eigenvalue weighted by Gasteiger charge is 2.18. The van der Waals surface area contributed by atoms with Gasteiger partial charge in [0.2, 0.25) is 23.4 Å². The maximum atomic E-state index is 6.03. The molecule has 0 bridgehead atoms. The van der Waals surface area contributed by atoms with Crippen molar-refractivity contribution in [1.29, 1.82) is 0 Å². The van der Waals surface area contributed by atoms with Gasteiger partial charge in [0.1, 0.15) is 11.2 Å². The lowest BCUT2D eigenvalue weighted by Crippen LogP contribution is -2.10. The third-order valence-electron chi connectivity index (χ3n) is 10.4. The van der Waals surface area contributed by atoms with E-state index in [4.69, 9.17) is 8.83 Å². The van der Waals surface area contributed by atoms with E-state index in [1.165, 1.54) is 0 Å². The van der Waals surface area contributed by atoms with Gasteiger partial charge in [0, 0.05) is 58.0 Å². The highest BCUT2D eigenvalue weighted by molar-refractivity contribution is 5.83. The van der Waals surface area contributed by atoms with E-state index in [0.717, 1.165) is 79.7 Å². The second kappa shape index (κ2) is 16.0. The van der Waals surface area contributed by atoms with Crippen LogP contribution in [0.25, 0.3) is 57.4 Å². The number of nitrogens with zero attached hydrogens (tertiary/aromatic N) is 5. The van der Waals surface area contributed by atoms with Crippen molar-refractivity contribution in [2.45, 2.75) is 0 Å². The van der Waals surface area contributed by atoms with Crippen LogP contribution in [0.1, 0.15) is 11.3 Å². The Kier molecular flexibility index (Phi) is 9.61. The van der Waals surface area contributed by atoms with Gasteiger partial charge < -0.3 is 24.0 Å². The lowest BCUT2D eigenvalue weighted by Gasteiger charge is -2.26. The topological polar surface area (TPSA) is 83.5 Å². The monoisotopic (exact) mass is 778 g/mol. The molecule has 0 unspecified atom stereocenters. The van der Waals surface area contributed by atoms with E-state index < -0.39 is 0 Å². The van der Waals surface area contributed by atoms with Crippen molar-refractivity contribution in [1.82, 2.24) is 15.0 Å². The van der Waals surface area contributed by atoms with Crippen LogP contribution in [-0.4, -0.2) is 21.5 Å². The van der Waals surface area contributed by atoms with Gasteiger partial charge in [-0.05, 0) is 132 Å². The molecule has 0 saturated heterocycles. The zero-order valence-electron chi connectivity index (χ0n) is 32.5. The number of fused-ring (bicyclic) bond motifs is 2. The molecule has 1 aliphatic heterocycles. The number of benzene rings is 6. The molecule has 0 saturated carbocycles. The SMILES string of the molecule is C=C/C=C\c1cccc(N(c2ccc(-c3ccc(N(c4ccccc4)c4ccc(-c5nc6c(o5)NCC=C6)cc4)cc3)cc2)c2ccc(-c3nc4cccnc4o3)cc2)c1. The number of oxazole rings is 2. The van der Waals surface area contributed by atoms with Crippen LogP contribution in [0.3, 0.4) is 0 Å². The lowest BCUT2D eigenvalue weighted by molar-refractivity contribution is 0.587. The van der Waals surface area contributed by atoms with Crippen molar-refractivity contribution in [2.75, 3.05) is 21.7 Å². The maximum absolute atomic E-state index is 6.03. The van der Waals surface area contributed by atoms with Crippen LogP contribution in [0.5, 0.6) is 0 Å². The van der Waals surface area contributed by atoms with E-state index in [1.54, 1.807) is 12.3 Å². The number of hydrogen-bond acceptors (Lipinski definition) is 8. The van der Waals surface area contributed by atoms with Crippen molar-refractivity contribution < 1.29 is 8.83 Å². The van der Waals surface area contributed by atoms with E-state index in [-0.39, 0.29) is 0 Å². The summed E-state index contributed by atoms with van der Waals surface area (Å²) in [5.74, 6) is 1.84. The van der Waals surface area contributed by atoms with Gasteiger partial charge in [0.15, 0.2) is 0 Å². The fraction of sp³-hybridized carbons (Fsp3) is 0.0192. The fourth-order valence-electron chi connectivity index (χ4n) is 7.44. The molecule has 1 aliphatic rings. The number of nitrogens with one attached hydrogen (secondary N) is 1. The minimum absolute atomic E-state index is 0.522. The zero-order valence-corrected chi connectivity index (χ0v) is 32.5. The number of hydrogen-bond donors (Lipinski definition) is 1. The average molecular weight is 779 g/mol. The van der Waals surface area contributed by atoms with Crippen LogP contribution in [-0.2, 0) is 0 Å². The number of rotatable bonds is 11. The van der Waals surface area contributed by atoms with E-state index in [1.807, 2.05) is 48.6 Å². The predicted molar refractivity (Wildman–Crippen MR) is 244 cm³/mol. The number of allylic oxidation sites excluding steroid dienone is 2. The maximum Gasteiger partial charge on any atom is 0.247 e. The Balaban J connectivity index is 0.941. The van der Waals surface area contributed by atoms with Gasteiger partial charge >= 0.3 is 0 Å². The molecule has 0 fully saturated rings. The second-order valence-electron chi connectivity index (χ2n) is 14.2. The zero-order chi connectivity index (χ0) is 40.3. The van der Waals surface area contributed by atoms with Crippen LogP contribution in [0.2, 0.25) is 0 Å². The van der Waals surface area contributed by atoms with Crippen LogP contribution in [0.15, 0.2) is 204 Å². The van der Waals surface area contributed by atoms with Gasteiger partial charge in [-0.25, -0.2) is 15.0 Å². The molecule has 8 heteroatoms. The minimum Gasteiger partial charge on any atom is -0.420 e. The van der Waals surface area contributed by atoms with Crippen molar-refractivity contribution in [2.24, 2.45) is 0 Å². The summed E-state index contributed by atoms with van der Waals surface area (Å²) in [6.07, 6.45) is 11.5. The number of para-hydroxylation sites is 1. The first-order valence-corrected chi connectivity index (χ1v) is 19.8. The summed E-state index contributed by atoms with van der Waals surface area (Å²) < 4.78 is 12.0. The molecule has 10 rings (SSSR count). The fourth-order valence-corrected chi connectivity index (χ4v) is 7.44. The Morgan fingerprint density at radius 3 is 1.72 bits per heavy atom. The van der Waals surface area contributed by atoms with E-state index in [0.29, 0.717) is 23.4 Å². The van der Waals surface area contributed by atoms with Crippen molar-refractivity contribution >= 4 is 63.4 Å². The number of pyridine rings is 1. The molecule has 1 N–H and O–H groups in total. The van der Waals surface area contributed by atoms with E-state index in [2.05, 4.69) is 176 Å². The number of anilines is 7. The molecule has 288 valence electrons. The third-order valence-corrected chi connectivity index (χ3v) is 10.4. The number of aromatic nitrogens is 3. The second-order valence-corrected chi connectivity index (χ2v) is 14.2. The Hall–Kier alpha value is -8.23. The molecule has 6 aromatic carbocycles. The summed E-state index contributed by atoms with van der Waals surface area (Å²) in [7, 11) is 0. The largest absolute Gasteiger partial charge is 0.420 e. The lowest BCUT2D eigenvalue weighted by atomic mass is 10.0. The molecule has 9 aromatic rings. The van der Waals surface area contributed by atoms with Crippen LogP contribution < -0.4 is 15.1 Å². The molecule has 0 radical (unpaired) electrons. The summed E-state index contributed by atoms with van der Waals surface area (Å²) >= 11 is 0. The van der Waals surface area contributed by atoms with E-state index >= 15 is 0 Å². The highest BCUT2D eigenvalue weighted by atomic mass is 16.4. The van der Waals surface area contributed by atoms with Gasteiger partial charge in [-0.1, -0.05) is 85.5 Å². The summed E-state index contributed by atoms with van der Waals surface area (Å²) in [6.45, 7) is 4.58. The van der Waals surface area contributed by atoms with Crippen molar-refractivity contribution in [3.05, 3.63) is 206 Å². The normalized spacial score (nSPS) is 12.0. The molecule has 0 atom stereocenters. The first-order valence-electron chi connectivity index (χ1n) is 19.8. The summed E-state index contributed by atoms with van der Waals surface area (Å²) in [4.78, 5) is 18.2. The highest BCUT2D eigenvalue weighted by Crippen LogP contribution is 2.40. The molecule has 0 spiro atoms. The molecule has 0 aliphatic carbocycles. The van der Waals surface area contributed by atoms with Gasteiger partial charge in [-0.2, -0.15) is 0 Å². The van der Waals surface area contributed by atoms with Crippen molar-refractivity contribution in [3.63, 3.8) is 0 Å². The molecular weight excluding hydrogens is 741 g/mol. The summed E-state index contributed by atoms with van der Waals surface area (Å²) in [5.41, 5.74) is 13.4. The molecule has 8 nitrogen and oxygen atoms in total. The third kappa shape index (κ3) is 7.25. The van der Waals surface area contributed by atoms with E-state index in [9.17, 15) is 0 Å².